The maximum absolute atomic E-state index is 13.9. The van der Waals surface area contributed by atoms with E-state index in [-0.39, 0.29) is 18.2 Å². The molecule has 0 bridgehead atoms. The van der Waals surface area contributed by atoms with Gasteiger partial charge >= 0.3 is 5.97 Å². The number of cyclic esters (lactones) is 1. The highest BCUT2D eigenvalue weighted by Crippen LogP contribution is 2.41. The number of aliphatic hydroxyl groups excluding tert-OH is 1. The van der Waals surface area contributed by atoms with Crippen LogP contribution in [0.5, 0.6) is 0 Å². The summed E-state index contributed by atoms with van der Waals surface area (Å²) in [6.45, 7) is 4.20. The van der Waals surface area contributed by atoms with Gasteiger partial charge in [0.1, 0.15) is 11.9 Å². The molecule has 35 heavy (non-hydrogen) atoms. The Morgan fingerprint density at radius 2 is 1.94 bits per heavy atom. The standard InChI is InChI=1S/C29H29FN2O3/c1-17(2)27-24(13-12-22-15-21(33)16-25(34)35-22)26(18-8-10-20(30)11-9-18)23-7-3-5-19-6-4-14-31-28(19)29(23)32-27/h4,6,8-14,17,21-22,33H,3,5,7,15-16H2,1-2H3/t21-,22-/m1/s1. The number of aryl methyl sites for hydroxylation is 1. The molecule has 1 N–H and O–H groups in total. The SMILES string of the molecule is CC(C)c1nc2c(c(-c3ccc(F)cc3)c1C=C[C@@H]1C[C@@H](O)CC(=O)O1)CCCc1cccnc1-2. The molecule has 2 aromatic heterocycles. The molecule has 0 amide bonds. The molecule has 1 saturated heterocycles. The predicted octanol–water partition coefficient (Wildman–Crippen LogP) is 5.64. The second-order valence-electron chi connectivity index (χ2n) is 9.62. The first-order chi connectivity index (χ1) is 16.9. The van der Waals surface area contributed by atoms with E-state index in [1.807, 2.05) is 18.2 Å². The molecule has 0 unspecified atom stereocenters. The van der Waals surface area contributed by atoms with Crippen LogP contribution in [-0.4, -0.2) is 33.3 Å². The molecule has 1 aromatic carbocycles. The van der Waals surface area contributed by atoms with Gasteiger partial charge in [0.15, 0.2) is 0 Å². The number of aromatic nitrogens is 2. The van der Waals surface area contributed by atoms with Crippen molar-refractivity contribution in [1.29, 1.82) is 0 Å². The van der Waals surface area contributed by atoms with Gasteiger partial charge in [-0.25, -0.2) is 9.37 Å². The number of carbonyl (C=O) groups is 1. The average Bonchev–Trinajstić information content (AvgIpc) is 3.01. The topological polar surface area (TPSA) is 72.3 Å². The molecule has 6 heteroatoms. The summed E-state index contributed by atoms with van der Waals surface area (Å²) in [5.41, 5.74) is 7.83. The number of halogens is 1. The monoisotopic (exact) mass is 472 g/mol. The highest BCUT2D eigenvalue weighted by Gasteiger charge is 2.28. The molecule has 180 valence electrons. The van der Waals surface area contributed by atoms with Crippen LogP contribution in [0, 0.1) is 5.82 Å². The average molecular weight is 473 g/mol. The Bertz CT molecular complexity index is 1280. The number of nitrogens with zero attached hydrogens (tertiary/aromatic N) is 2. The Hall–Kier alpha value is -3.38. The first-order valence-electron chi connectivity index (χ1n) is 12.2. The van der Waals surface area contributed by atoms with Crippen LogP contribution in [0.2, 0.25) is 0 Å². The molecule has 3 aromatic rings. The summed E-state index contributed by atoms with van der Waals surface area (Å²) >= 11 is 0. The minimum Gasteiger partial charge on any atom is -0.458 e. The van der Waals surface area contributed by atoms with Gasteiger partial charge in [-0.05, 0) is 71.7 Å². The predicted molar refractivity (Wildman–Crippen MR) is 133 cm³/mol. The fourth-order valence-electron chi connectivity index (χ4n) is 5.09. The van der Waals surface area contributed by atoms with Gasteiger partial charge in [-0.15, -0.1) is 0 Å². The van der Waals surface area contributed by atoms with E-state index < -0.39 is 18.2 Å². The van der Waals surface area contributed by atoms with Crippen molar-refractivity contribution in [3.8, 4) is 22.5 Å². The minimum absolute atomic E-state index is 0.0230. The summed E-state index contributed by atoms with van der Waals surface area (Å²) in [7, 11) is 0. The molecule has 1 aliphatic heterocycles. The minimum atomic E-state index is -0.709. The molecule has 3 heterocycles. The molecule has 1 fully saturated rings. The number of benzene rings is 1. The zero-order chi connectivity index (χ0) is 24.5. The van der Waals surface area contributed by atoms with Gasteiger partial charge in [-0.3, -0.25) is 9.78 Å². The number of fused-ring (bicyclic) bond motifs is 3. The summed E-state index contributed by atoms with van der Waals surface area (Å²) in [4.78, 5) is 21.7. The van der Waals surface area contributed by atoms with Gasteiger partial charge in [-0.2, -0.15) is 0 Å². The van der Waals surface area contributed by atoms with Crippen molar-refractivity contribution in [3.63, 3.8) is 0 Å². The Morgan fingerprint density at radius 1 is 1.14 bits per heavy atom. The molecule has 1 aliphatic carbocycles. The van der Waals surface area contributed by atoms with Gasteiger partial charge in [0.25, 0.3) is 0 Å². The summed E-state index contributed by atoms with van der Waals surface area (Å²) in [6.07, 6.45) is 7.47. The van der Waals surface area contributed by atoms with Crippen molar-refractivity contribution < 1.29 is 19.0 Å². The van der Waals surface area contributed by atoms with Crippen LogP contribution < -0.4 is 0 Å². The van der Waals surface area contributed by atoms with Crippen LogP contribution in [0.3, 0.4) is 0 Å². The van der Waals surface area contributed by atoms with Gasteiger partial charge in [-0.1, -0.05) is 38.1 Å². The molecule has 2 atom stereocenters. The smallest absolute Gasteiger partial charge is 0.309 e. The quantitative estimate of drug-likeness (QED) is 0.498. The highest BCUT2D eigenvalue weighted by atomic mass is 19.1. The lowest BCUT2D eigenvalue weighted by molar-refractivity contribution is -0.156. The number of hydrogen-bond donors (Lipinski definition) is 1. The molecule has 0 radical (unpaired) electrons. The maximum Gasteiger partial charge on any atom is 0.309 e. The first-order valence-corrected chi connectivity index (χ1v) is 12.2. The van der Waals surface area contributed by atoms with Gasteiger partial charge in [0, 0.05) is 18.2 Å². The molecule has 2 aliphatic rings. The fraction of sp³-hybridized carbons (Fsp3) is 0.345. The fourth-order valence-corrected chi connectivity index (χ4v) is 5.09. The van der Waals surface area contributed by atoms with E-state index in [4.69, 9.17) is 14.7 Å². The van der Waals surface area contributed by atoms with Gasteiger partial charge in [0.2, 0.25) is 0 Å². The number of hydrogen-bond acceptors (Lipinski definition) is 5. The number of pyridine rings is 2. The number of aliphatic hydroxyl groups is 1. The lowest BCUT2D eigenvalue weighted by atomic mass is 9.87. The number of esters is 1. The van der Waals surface area contributed by atoms with Crippen molar-refractivity contribution in [2.24, 2.45) is 0 Å². The Morgan fingerprint density at radius 3 is 2.69 bits per heavy atom. The highest BCUT2D eigenvalue weighted by molar-refractivity contribution is 5.85. The Kier molecular flexibility index (Phi) is 6.48. The molecular formula is C29H29FN2O3. The summed E-state index contributed by atoms with van der Waals surface area (Å²) < 4.78 is 19.3. The molecule has 5 nitrogen and oxygen atoms in total. The van der Waals surface area contributed by atoms with E-state index in [1.54, 1.807) is 18.3 Å². The van der Waals surface area contributed by atoms with Gasteiger partial charge in [0.05, 0.1) is 29.6 Å². The van der Waals surface area contributed by atoms with Crippen molar-refractivity contribution in [2.45, 2.75) is 64.1 Å². The van der Waals surface area contributed by atoms with E-state index in [1.165, 1.54) is 17.7 Å². The van der Waals surface area contributed by atoms with Crippen LogP contribution in [0.25, 0.3) is 28.6 Å². The van der Waals surface area contributed by atoms with Gasteiger partial charge < -0.3 is 9.84 Å². The van der Waals surface area contributed by atoms with E-state index in [2.05, 4.69) is 19.9 Å². The molecular weight excluding hydrogens is 443 g/mol. The number of carbonyl (C=O) groups excluding carboxylic acids is 1. The third kappa shape index (κ3) is 4.76. The number of ether oxygens (including phenoxy) is 1. The van der Waals surface area contributed by atoms with Crippen molar-refractivity contribution >= 4 is 12.0 Å². The van der Waals surface area contributed by atoms with Crippen molar-refractivity contribution in [1.82, 2.24) is 9.97 Å². The molecule has 0 spiro atoms. The number of rotatable bonds is 4. The van der Waals surface area contributed by atoms with Crippen LogP contribution in [0.4, 0.5) is 4.39 Å². The largest absolute Gasteiger partial charge is 0.458 e. The lowest BCUT2D eigenvalue weighted by Gasteiger charge is -2.24. The zero-order valence-electron chi connectivity index (χ0n) is 20.0. The van der Waals surface area contributed by atoms with E-state index in [0.29, 0.717) is 6.42 Å². The van der Waals surface area contributed by atoms with E-state index >= 15 is 0 Å². The van der Waals surface area contributed by atoms with Crippen LogP contribution in [0.15, 0.2) is 48.7 Å². The lowest BCUT2D eigenvalue weighted by Crippen LogP contribution is -2.31. The van der Waals surface area contributed by atoms with E-state index in [9.17, 15) is 14.3 Å². The van der Waals surface area contributed by atoms with E-state index in [0.717, 1.165) is 58.6 Å². The van der Waals surface area contributed by atoms with Crippen molar-refractivity contribution in [3.05, 3.63) is 76.9 Å². The normalized spacial score (nSPS) is 19.9. The van der Waals surface area contributed by atoms with Crippen molar-refractivity contribution in [2.75, 3.05) is 0 Å². The third-order valence-corrected chi connectivity index (χ3v) is 6.70. The third-order valence-electron chi connectivity index (χ3n) is 6.70. The summed E-state index contributed by atoms with van der Waals surface area (Å²) in [5.74, 6) is -0.580. The van der Waals surface area contributed by atoms with Crippen LogP contribution in [0.1, 0.15) is 61.4 Å². The Balaban J connectivity index is 1.74. The maximum atomic E-state index is 13.9. The Labute approximate surface area is 204 Å². The van der Waals surface area contributed by atoms with Crippen LogP contribution in [-0.2, 0) is 22.4 Å². The van der Waals surface area contributed by atoms with Crippen LogP contribution >= 0.6 is 0 Å². The summed E-state index contributed by atoms with van der Waals surface area (Å²) in [5, 5.41) is 10.0. The zero-order valence-corrected chi connectivity index (χ0v) is 20.0. The molecule has 5 rings (SSSR count). The second-order valence-corrected chi connectivity index (χ2v) is 9.62. The first kappa shape index (κ1) is 23.4. The summed E-state index contributed by atoms with van der Waals surface area (Å²) in [6, 6.07) is 10.6. The molecule has 0 saturated carbocycles. The second kappa shape index (κ2) is 9.70.